The minimum absolute atomic E-state index is 0.532. The highest BCUT2D eigenvalue weighted by molar-refractivity contribution is 5.79. The topological polar surface area (TPSA) is 67.8 Å². The van der Waals surface area contributed by atoms with Crippen LogP contribution in [0.4, 0.5) is 0 Å². The molecule has 2 unspecified atom stereocenters. The Bertz CT molecular complexity index is 157. The third-order valence-electron chi connectivity index (χ3n) is 1.74. The molecular weight excluding hydrogens is 162 g/mol. The quantitative estimate of drug-likeness (QED) is 0.445. The van der Waals surface area contributed by atoms with E-state index in [1.165, 1.54) is 21.1 Å². The second kappa shape index (κ2) is 4.39. The van der Waals surface area contributed by atoms with Gasteiger partial charge in [0.05, 0.1) is 20.3 Å². The molecule has 2 N–H and O–H groups in total. The van der Waals surface area contributed by atoms with Gasteiger partial charge in [0.2, 0.25) is 0 Å². The van der Waals surface area contributed by atoms with Crippen molar-refractivity contribution < 1.29 is 19.5 Å². The molecule has 0 radical (unpaired) electrons. The second-order valence-electron chi connectivity index (χ2n) is 2.68. The van der Waals surface area contributed by atoms with Crippen LogP contribution in [0.25, 0.3) is 0 Å². The average Bonchev–Trinajstić information content (AvgIpc) is 2.03. The van der Waals surface area contributed by atoms with E-state index in [9.17, 15) is 9.90 Å². The fourth-order valence-electron chi connectivity index (χ4n) is 0.675. The van der Waals surface area contributed by atoms with Gasteiger partial charge in [-0.3, -0.25) is 0 Å². The molecule has 0 amide bonds. The number of esters is 1. The Morgan fingerprint density at radius 2 is 2.08 bits per heavy atom. The summed E-state index contributed by atoms with van der Waals surface area (Å²) in [7, 11) is 2.63. The Morgan fingerprint density at radius 3 is 2.42 bits per heavy atom. The maximum absolute atomic E-state index is 11.0. The Balaban J connectivity index is 4.26. The second-order valence-corrected chi connectivity index (χ2v) is 2.68. The lowest BCUT2D eigenvalue weighted by Crippen LogP contribution is -2.52. The molecule has 0 aromatic carbocycles. The molecule has 0 spiro atoms. The lowest BCUT2D eigenvalue weighted by Gasteiger charge is -2.26. The van der Waals surface area contributed by atoms with Crippen molar-refractivity contribution in [3.05, 3.63) is 0 Å². The van der Waals surface area contributed by atoms with E-state index < -0.39 is 17.6 Å². The number of ether oxygens (including phenoxy) is 1. The smallest absolute Gasteiger partial charge is 0.339 e. The molecule has 0 fully saturated rings. The van der Waals surface area contributed by atoms with Gasteiger partial charge in [0.15, 0.2) is 5.60 Å². The summed E-state index contributed by atoms with van der Waals surface area (Å²) in [5.41, 5.74) is 0.872. The maximum Gasteiger partial charge on any atom is 0.339 e. The summed E-state index contributed by atoms with van der Waals surface area (Å²) >= 11 is 0. The van der Waals surface area contributed by atoms with Gasteiger partial charge in [-0.2, -0.15) is 5.48 Å². The number of hydrogen-bond acceptors (Lipinski definition) is 5. The molecule has 5 heteroatoms. The molecule has 72 valence electrons. The van der Waals surface area contributed by atoms with E-state index in [0.29, 0.717) is 0 Å². The van der Waals surface area contributed by atoms with Gasteiger partial charge in [-0.25, -0.2) is 4.79 Å². The van der Waals surface area contributed by atoms with Crippen LogP contribution in [0.15, 0.2) is 0 Å². The van der Waals surface area contributed by atoms with Gasteiger partial charge in [0.1, 0.15) is 0 Å². The van der Waals surface area contributed by atoms with Crippen LogP contribution in [0.2, 0.25) is 0 Å². The van der Waals surface area contributed by atoms with Gasteiger partial charge >= 0.3 is 5.97 Å². The molecule has 12 heavy (non-hydrogen) atoms. The molecule has 0 heterocycles. The zero-order chi connectivity index (χ0) is 9.78. The lowest BCUT2D eigenvalue weighted by molar-refractivity contribution is -0.166. The van der Waals surface area contributed by atoms with Gasteiger partial charge < -0.3 is 14.7 Å². The third kappa shape index (κ3) is 2.44. The first-order chi connectivity index (χ1) is 5.46. The fourth-order valence-corrected chi connectivity index (χ4v) is 0.675. The van der Waals surface area contributed by atoms with Crippen LogP contribution < -0.4 is 5.48 Å². The number of hydrogen-bond donors (Lipinski definition) is 2. The zero-order valence-corrected chi connectivity index (χ0v) is 7.75. The summed E-state index contributed by atoms with van der Waals surface area (Å²) in [6, 6.07) is -0.532. The summed E-state index contributed by atoms with van der Waals surface area (Å²) in [4.78, 5) is 15.5. The van der Waals surface area contributed by atoms with E-state index in [1.807, 2.05) is 0 Å². The highest BCUT2D eigenvalue weighted by Gasteiger charge is 2.37. The molecule has 0 bridgehead atoms. The van der Waals surface area contributed by atoms with Crippen molar-refractivity contribution in [2.75, 3.05) is 14.2 Å². The Morgan fingerprint density at radius 1 is 1.58 bits per heavy atom. The zero-order valence-electron chi connectivity index (χ0n) is 7.75. The van der Waals surface area contributed by atoms with E-state index in [-0.39, 0.29) is 0 Å². The number of rotatable bonds is 4. The highest BCUT2D eigenvalue weighted by atomic mass is 16.6. The first kappa shape index (κ1) is 11.4. The number of aliphatic hydroxyl groups is 1. The van der Waals surface area contributed by atoms with E-state index >= 15 is 0 Å². The molecule has 0 rings (SSSR count). The molecule has 0 saturated carbocycles. The summed E-state index contributed by atoms with van der Waals surface area (Å²) in [5.74, 6) is -0.695. The summed E-state index contributed by atoms with van der Waals surface area (Å²) in [5, 5.41) is 9.57. The van der Waals surface area contributed by atoms with Crippen molar-refractivity contribution in [1.29, 1.82) is 0 Å². The number of carbonyl (C=O) groups is 1. The normalized spacial score (nSPS) is 18.1. The fraction of sp³-hybridized carbons (Fsp3) is 0.857. The summed E-state index contributed by atoms with van der Waals surface area (Å²) < 4.78 is 4.40. The Kier molecular flexibility index (Phi) is 4.16. The van der Waals surface area contributed by atoms with Gasteiger partial charge in [-0.1, -0.05) is 0 Å². The molecular formula is C7H15NO4. The molecule has 0 saturated heterocycles. The van der Waals surface area contributed by atoms with Crippen molar-refractivity contribution in [3.63, 3.8) is 0 Å². The molecule has 0 aromatic heterocycles. The summed E-state index contributed by atoms with van der Waals surface area (Å²) in [6.07, 6.45) is 0. The first-order valence-electron chi connectivity index (χ1n) is 3.56. The van der Waals surface area contributed by atoms with Crippen LogP contribution in [-0.4, -0.2) is 36.9 Å². The van der Waals surface area contributed by atoms with E-state index in [2.05, 4.69) is 15.1 Å². The van der Waals surface area contributed by atoms with Crippen molar-refractivity contribution in [2.45, 2.75) is 25.5 Å². The van der Waals surface area contributed by atoms with Crippen molar-refractivity contribution in [2.24, 2.45) is 0 Å². The van der Waals surface area contributed by atoms with E-state index in [1.54, 1.807) is 6.92 Å². The predicted molar refractivity (Wildman–Crippen MR) is 42.2 cm³/mol. The molecule has 0 aliphatic rings. The predicted octanol–water partition coefficient (Wildman–Crippen LogP) is -0.550. The highest BCUT2D eigenvalue weighted by Crippen LogP contribution is 2.11. The average molecular weight is 177 g/mol. The number of hydroxylamine groups is 1. The number of carbonyl (C=O) groups excluding carboxylic acids is 1. The monoisotopic (exact) mass is 177 g/mol. The van der Waals surface area contributed by atoms with Gasteiger partial charge in [-0.15, -0.1) is 0 Å². The van der Waals surface area contributed by atoms with Crippen molar-refractivity contribution >= 4 is 5.97 Å². The van der Waals surface area contributed by atoms with Crippen LogP contribution in [0, 0.1) is 0 Å². The standard InChI is InChI=1S/C7H15NO4/c1-5(8-12-4)7(2,10)6(9)11-3/h5,8,10H,1-4H3. The molecule has 0 aromatic rings. The minimum Gasteiger partial charge on any atom is -0.467 e. The van der Waals surface area contributed by atoms with E-state index in [4.69, 9.17) is 0 Å². The molecule has 5 nitrogen and oxygen atoms in total. The molecule has 2 atom stereocenters. The van der Waals surface area contributed by atoms with Gasteiger partial charge in [0, 0.05) is 0 Å². The van der Waals surface area contributed by atoms with Crippen molar-refractivity contribution in [1.82, 2.24) is 5.48 Å². The Hall–Kier alpha value is -0.650. The van der Waals surface area contributed by atoms with E-state index in [0.717, 1.165) is 0 Å². The maximum atomic E-state index is 11.0. The van der Waals surface area contributed by atoms with Gasteiger partial charge in [0.25, 0.3) is 0 Å². The third-order valence-corrected chi connectivity index (χ3v) is 1.74. The SMILES string of the molecule is CONC(C)C(C)(O)C(=O)OC. The Labute approximate surface area is 71.6 Å². The van der Waals surface area contributed by atoms with Crippen LogP contribution in [0.3, 0.4) is 0 Å². The van der Waals surface area contributed by atoms with Crippen LogP contribution >= 0.6 is 0 Å². The summed E-state index contributed by atoms with van der Waals surface area (Å²) in [6.45, 7) is 2.97. The lowest BCUT2D eigenvalue weighted by atomic mass is 9.99. The number of methoxy groups -OCH3 is 1. The molecule has 0 aliphatic heterocycles. The van der Waals surface area contributed by atoms with Crippen LogP contribution in [0.1, 0.15) is 13.8 Å². The van der Waals surface area contributed by atoms with Gasteiger partial charge in [-0.05, 0) is 13.8 Å². The first-order valence-corrected chi connectivity index (χ1v) is 3.56. The molecule has 0 aliphatic carbocycles. The van der Waals surface area contributed by atoms with Crippen LogP contribution in [0.5, 0.6) is 0 Å². The minimum atomic E-state index is -1.58. The van der Waals surface area contributed by atoms with Crippen molar-refractivity contribution in [3.8, 4) is 0 Å². The number of nitrogens with one attached hydrogen (secondary N) is 1. The largest absolute Gasteiger partial charge is 0.467 e. The van der Waals surface area contributed by atoms with Crippen LogP contribution in [-0.2, 0) is 14.4 Å².